The third-order valence-corrected chi connectivity index (χ3v) is 2.25. The summed E-state index contributed by atoms with van der Waals surface area (Å²) in [5.74, 6) is -0.211. The van der Waals surface area contributed by atoms with Crippen LogP contribution in [0.25, 0.3) is 10.9 Å². The van der Waals surface area contributed by atoms with Crippen LogP contribution in [0.5, 0.6) is 5.88 Å². The molecule has 22 heavy (non-hydrogen) atoms. The number of rotatable bonds is 2. The Hall–Kier alpha value is -1.19. The van der Waals surface area contributed by atoms with Gasteiger partial charge in [-0.05, 0) is 24.4 Å². The minimum atomic E-state index is -0.211. The first-order valence-corrected chi connectivity index (χ1v) is 5.28. The number of hydrogen-bond acceptors (Lipinski definition) is 3. The maximum atomic E-state index is 11.7. The molecule has 1 aromatic carbocycles. The van der Waals surface area contributed by atoms with E-state index in [-0.39, 0.29) is 63.8 Å². The van der Waals surface area contributed by atoms with E-state index in [0.717, 1.165) is 10.9 Å². The van der Waals surface area contributed by atoms with E-state index in [1.165, 1.54) is 6.21 Å². The first kappa shape index (κ1) is 28.9. The number of benzene rings is 1. The van der Waals surface area contributed by atoms with Gasteiger partial charge < -0.3 is 46.6 Å². The number of hydrogen-bond donors (Lipinski definition) is 2. The summed E-state index contributed by atoms with van der Waals surface area (Å²) in [7, 11) is 0. The van der Waals surface area contributed by atoms with Gasteiger partial charge in [0.25, 0.3) is 0 Å². The molecule has 0 spiro atoms. The molecular weight excluding hydrogens is 403 g/mol. The Morgan fingerprint density at radius 3 is 2.45 bits per heavy atom. The number of hydrazone groups is 1. The average Bonchev–Trinajstić information content (AvgIpc) is 2.29. The van der Waals surface area contributed by atoms with Crippen molar-refractivity contribution in [2.75, 3.05) is 0 Å². The molecule has 0 fully saturated rings. The van der Waals surface area contributed by atoms with Crippen molar-refractivity contribution in [3.8, 4) is 5.88 Å². The van der Waals surface area contributed by atoms with Crippen LogP contribution in [-0.4, -0.2) is 22.3 Å². The van der Waals surface area contributed by atoms with Crippen molar-refractivity contribution in [2.24, 2.45) is 10.8 Å². The second kappa shape index (κ2) is 13.5. The van der Waals surface area contributed by atoms with Gasteiger partial charge in [-0.2, -0.15) is 5.10 Å². The van der Waals surface area contributed by atoms with Gasteiger partial charge in [-0.1, -0.05) is 12.1 Å². The number of nitrogens with zero attached hydrogens (tertiary/aromatic N) is 1. The van der Waals surface area contributed by atoms with E-state index in [0.29, 0.717) is 5.56 Å². The number of nitrogens with one attached hydrogen (secondary N) is 2. The van der Waals surface area contributed by atoms with Gasteiger partial charge in [-0.3, -0.25) is 5.43 Å². The third kappa shape index (κ3) is 7.71. The maximum Gasteiger partial charge on any atom is 2.00 e. The number of para-hydroxylation sites is 1. The fourth-order valence-electron chi connectivity index (χ4n) is 1.43. The Morgan fingerprint density at radius 2 is 1.86 bits per heavy atom. The fraction of sp³-hybridized carbons (Fsp3) is 0. The Bertz CT molecular complexity index is 619. The fourth-order valence-corrected chi connectivity index (χ4v) is 1.48. The molecule has 0 aliphatic heterocycles. The van der Waals surface area contributed by atoms with Gasteiger partial charge >= 0.3 is 17.1 Å². The van der Waals surface area contributed by atoms with Crippen LogP contribution in [0.2, 0.25) is 0 Å². The molecule has 0 bridgehead atoms. The van der Waals surface area contributed by atoms with E-state index in [9.17, 15) is 5.11 Å². The predicted molar refractivity (Wildman–Crippen MR) is 74.7 cm³/mol. The summed E-state index contributed by atoms with van der Waals surface area (Å²) in [6.45, 7) is 0. The zero-order valence-electron chi connectivity index (χ0n) is 10.9. The van der Waals surface area contributed by atoms with E-state index in [4.69, 9.17) is 5.73 Å². The second-order valence-electron chi connectivity index (χ2n) is 3.38. The molecule has 0 saturated carbocycles. The standard InChI is InChI=1S/C11H10N4OS.2ClH.Cu.2H2O/c12-11(17)15-13-6-8-5-7-3-1-2-4-9(7)14-10(8)16;;;;;/h1-6H,(H,14,16)(H3,12,15,17);2*1H;;2*1H2/q;;;+2;;/p-2/b13-6+;;;;;. The molecular formula is C11H14Cl2CuN4O3S. The molecule has 2 rings (SSSR count). The van der Waals surface area contributed by atoms with Crippen molar-refractivity contribution >= 4 is 34.4 Å². The Kier molecular flexibility index (Phi) is 17.7. The van der Waals surface area contributed by atoms with E-state index in [2.05, 4.69) is 27.7 Å². The predicted octanol–water partition coefficient (Wildman–Crippen LogP) is -7.75. The molecule has 0 unspecified atom stereocenters. The Morgan fingerprint density at radius 1 is 1.27 bits per heavy atom. The molecule has 7 nitrogen and oxygen atoms in total. The zero-order chi connectivity index (χ0) is 12.3. The van der Waals surface area contributed by atoms with E-state index in [1.54, 1.807) is 6.07 Å². The smallest absolute Gasteiger partial charge is 1.00 e. The van der Waals surface area contributed by atoms with E-state index < -0.39 is 0 Å². The van der Waals surface area contributed by atoms with Crippen molar-refractivity contribution in [3.63, 3.8) is 0 Å². The molecule has 127 valence electrons. The summed E-state index contributed by atoms with van der Waals surface area (Å²) in [6.07, 6.45) is 1.38. The van der Waals surface area contributed by atoms with Gasteiger partial charge in [0.05, 0.1) is 11.8 Å². The third-order valence-electron chi connectivity index (χ3n) is 2.16. The van der Waals surface area contributed by atoms with Crippen molar-refractivity contribution in [1.29, 1.82) is 0 Å². The number of halogens is 2. The summed E-state index contributed by atoms with van der Waals surface area (Å²) < 4.78 is 0. The summed E-state index contributed by atoms with van der Waals surface area (Å²) in [5.41, 5.74) is 8.83. The van der Waals surface area contributed by atoms with E-state index in [1.807, 2.05) is 24.3 Å². The number of aromatic amines is 1. The largest absolute Gasteiger partial charge is 2.00 e. The second-order valence-corrected chi connectivity index (χ2v) is 3.82. The monoisotopic (exact) mass is 415 g/mol. The van der Waals surface area contributed by atoms with Crippen LogP contribution in [0.15, 0.2) is 35.4 Å². The molecule has 8 N–H and O–H groups in total. The molecule has 0 aliphatic rings. The minimum Gasteiger partial charge on any atom is -1.00 e. The van der Waals surface area contributed by atoms with Crippen LogP contribution in [0.1, 0.15) is 5.56 Å². The van der Waals surface area contributed by atoms with Gasteiger partial charge in [0, 0.05) is 11.5 Å². The molecule has 1 heterocycles. The zero-order valence-corrected chi connectivity index (χ0v) is 14.1. The minimum absolute atomic E-state index is 0. The molecule has 2 aromatic rings. The summed E-state index contributed by atoms with van der Waals surface area (Å²) in [4.78, 5) is 2.76. The number of thiocarbonyl (C=S) groups is 1. The molecule has 0 aliphatic carbocycles. The number of nitrogens with two attached hydrogens (primary N) is 1. The quantitative estimate of drug-likeness (QED) is 0.216. The normalized spacial score (nSPS) is 8.36. The van der Waals surface area contributed by atoms with Crippen LogP contribution in [-0.2, 0) is 17.1 Å². The van der Waals surface area contributed by atoms with Gasteiger partial charge in [0.15, 0.2) is 11.0 Å². The number of H-pyrrole nitrogens is 1. The topological polar surface area (TPSA) is 151 Å². The van der Waals surface area contributed by atoms with Crippen LogP contribution in [0.4, 0.5) is 0 Å². The van der Waals surface area contributed by atoms with Crippen molar-refractivity contribution in [1.82, 2.24) is 5.43 Å². The van der Waals surface area contributed by atoms with Crippen LogP contribution in [0.3, 0.4) is 0 Å². The number of fused-ring (bicyclic) bond motifs is 1. The molecule has 1 aromatic heterocycles. The molecule has 0 saturated heterocycles. The number of aromatic nitrogens is 1. The number of pyridine rings is 1. The van der Waals surface area contributed by atoms with Crippen molar-refractivity contribution < 1.29 is 62.9 Å². The first-order chi connectivity index (χ1) is 8.16. The molecule has 0 atom stereocenters. The van der Waals surface area contributed by atoms with Crippen LogP contribution < -0.4 is 46.1 Å². The Balaban J connectivity index is -0.000000324. The van der Waals surface area contributed by atoms with Gasteiger partial charge in [-0.25, -0.2) is 4.98 Å². The Labute approximate surface area is 155 Å². The molecule has 11 heteroatoms. The molecule has 1 radical (unpaired) electrons. The first-order valence-electron chi connectivity index (χ1n) is 4.87. The van der Waals surface area contributed by atoms with Crippen LogP contribution >= 0.6 is 12.2 Å². The van der Waals surface area contributed by atoms with Gasteiger partial charge in [0.2, 0.25) is 5.52 Å². The average molecular weight is 417 g/mol. The summed E-state index contributed by atoms with van der Waals surface area (Å²) in [6, 6.07) is 9.25. The van der Waals surface area contributed by atoms with Gasteiger partial charge in [-0.15, -0.1) is 0 Å². The molecule has 0 amide bonds. The van der Waals surface area contributed by atoms with Gasteiger partial charge in [0.1, 0.15) is 0 Å². The van der Waals surface area contributed by atoms with Crippen LogP contribution in [0, 0.1) is 0 Å². The summed E-state index contributed by atoms with van der Waals surface area (Å²) in [5, 5.41) is 16.4. The van der Waals surface area contributed by atoms with Crippen molar-refractivity contribution in [2.45, 2.75) is 0 Å². The summed E-state index contributed by atoms with van der Waals surface area (Å²) >= 11 is 4.59. The SMILES string of the molecule is NC(=S)N/N=C/c1cc2ccccc2[nH+]c1[O-].O.O.[Cl-].[Cl-].[Cu+2]. The maximum absolute atomic E-state index is 11.7. The van der Waals surface area contributed by atoms with E-state index >= 15 is 0 Å². The van der Waals surface area contributed by atoms with Crippen molar-refractivity contribution in [3.05, 3.63) is 35.9 Å².